The van der Waals surface area contributed by atoms with E-state index in [1.54, 1.807) is 6.07 Å². The molecule has 0 spiro atoms. The molecule has 3 aromatic rings. The Morgan fingerprint density at radius 3 is 2.88 bits per heavy atom. The summed E-state index contributed by atoms with van der Waals surface area (Å²) in [5.41, 5.74) is 1.34. The zero-order valence-corrected chi connectivity index (χ0v) is 15.7. The third-order valence-corrected chi connectivity index (χ3v) is 4.53. The summed E-state index contributed by atoms with van der Waals surface area (Å²) in [6.07, 6.45) is 2.41. The molecular weight excluding hydrogens is 381 g/mol. The van der Waals surface area contributed by atoms with Gasteiger partial charge in [-0.25, -0.2) is 14.4 Å². The van der Waals surface area contributed by atoms with Crippen LogP contribution in [0.5, 0.6) is 11.6 Å². The van der Waals surface area contributed by atoms with Crippen molar-refractivity contribution in [2.24, 2.45) is 0 Å². The number of rotatable bonds is 8. The number of fused-ring (bicyclic) bond motifs is 1. The highest BCUT2D eigenvalue weighted by Gasteiger charge is 2.16. The number of aromatic nitrogens is 4. The van der Waals surface area contributed by atoms with Crippen LogP contribution in [0.2, 0.25) is 5.15 Å². The largest absolute Gasteiger partial charge is 0.484 e. The summed E-state index contributed by atoms with van der Waals surface area (Å²) in [6, 6.07) is 3.62. The molecule has 0 aliphatic rings. The summed E-state index contributed by atoms with van der Waals surface area (Å²) in [6.45, 7) is 1.26. The summed E-state index contributed by atoms with van der Waals surface area (Å²) >= 11 is 7.23. The zero-order valence-electron chi connectivity index (χ0n) is 14.2. The van der Waals surface area contributed by atoms with Crippen LogP contribution in [-0.4, -0.2) is 40.3 Å². The molecule has 3 heterocycles. The molecule has 138 valence electrons. The second kappa shape index (κ2) is 8.41. The number of aryl methyl sites for hydroxylation is 1. The van der Waals surface area contributed by atoms with Crippen molar-refractivity contribution >= 4 is 40.5 Å². The van der Waals surface area contributed by atoms with Crippen LogP contribution in [0.25, 0.3) is 11.0 Å². The van der Waals surface area contributed by atoms with E-state index in [4.69, 9.17) is 21.1 Å². The number of hydrogen-bond donors (Lipinski definition) is 2. The first-order chi connectivity index (χ1) is 12.7. The summed E-state index contributed by atoms with van der Waals surface area (Å²) in [5.74, 6) is 1.00. The van der Waals surface area contributed by atoms with Crippen LogP contribution >= 0.6 is 23.5 Å². The van der Waals surface area contributed by atoms with Crippen molar-refractivity contribution in [1.29, 1.82) is 0 Å². The van der Waals surface area contributed by atoms with E-state index in [2.05, 4.69) is 24.7 Å². The lowest BCUT2D eigenvalue weighted by atomic mass is 10.3. The third kappa shape index (κ3) is 3.94. The standard InChI is InChI=1S/C16H17ClFN5O2S/c1-3-10-13(25-7-6-18)15(24-2)22-16(20-10)23-26-11-8-19-14-9(11)4-5-12(17)21-14/h4-5,8H,3,6-7H2,1-2H3,(H,19,21)(H,20,22,23). The molecule has 0 aromatic carbocycles. The summed E-state index contributed by atoms with van der Waals surface area (Å²) in [5, 5.41) is 1.35. The summed E-state index contributed by atoms with van der Waals surface area (Å²) in [7, 11) is 1.48. The lowest BCUT2D eigenvalue weighted by molar-refractivity contribution is 0.253. The Labute approximate surface area is 158 Å². The van der Waals surface area contributed by atoms with Crippen molar-refractivity contribution in [2.75, 3.05) is 25.1 Å². The van der Waals surface area contributed by atoms with Crippen molar-refractivity contribution in [1.82, 2.24) is 19.9 Å². The first-order valence-electron chi connectivity index (χ1n) is 7.86. The van der Waals surface area contributed by atoms with Gasteiger partial charge in [0.2, 0.25) is 11.7 Å². The molecule has 0 unspecified atom stereocenters. The number of nitrogens with one attached hydrogen (secondary N) is 2. The smallest absolute Gasteiger partial charge is 0.262 e. The molecule has 3 aromatic heterocycles. The van der Waals surface area contributed by atoms with Crippen molar-refractivity contribution < 1.29 is 13.9 Å². The number of pyridine rings is 1. The van der Waals surface area contributed by atoms with Crippen LogP contribution in [0.15, 0.2) is 23.2 Å². The number of H-pyrrole nitrogens is 1. The maximum absolute atomic E-state index is 12.4. The van der Waals surface area contributed by atoms with Gasteiger partial charge in [-0.3, -0.25) is 4.72 Å². The molecule has 7 nitrogen and oxygen atoms in total. The van der Waals surface area contributed by atoms with E-state index in [1.807, 2.05) is 19.2 Å². The van der Waals surface area contributed by atoms with Crippen LogP contribution in [0.1, 0.15) is 12.6 Å². The average Bonchev–Trinajstić information content (AvgIpc) is 3.06. The minimum absolute atomic E-state index is 0.0703. The molecule has 0 saturated heterocycles. The Morgan fingerprint density at radius 1 is 1.31 bits per heavy atom. The quantitative estimate of drug-likeness (QED) is 0.438. The van der Waals surface area contributed by atoms with Gasteiger partial charge in [0.25, 0.3) is 5.88 Å². The minimum atomic E-state index is -0.596. The summed E-state index contributed by atoms with van der Waals surface area (Å²) < 4.78 is 26.2. The van der Waals surface area contributed by atoms with Crippen molar-refractivity contribution in [2.45, 2.75) is 18.2 Å². The highest BCUT2D eigenvalue weighted by molar-refractivity contribution is 8.00. The van der Waals surface area contributed by atoms with E-state index in [-0.39, 0.29) is 12.5 Å². The second-order valence-electron chi connectivity index (χ2n) is 5.11. The molecule has 0 aliphatic carbocycles. The number of nitrogens with zero attached hydrogens (tertiary/aromatic N) is 3. The van der Waals surface area contributed by atoms with Crippen molar-refractivity contribution in [3.8, 4) is 11.6 Å². The van der Waals surface area contributed by atoms with E-state index in [1.165, 1.54) is 19.1 Å². The Kier molecular flexibility index (Phi) is 6.00. The van der Waals surface area contributed by atoms with E-state index < -0.39 is 6.67 Å². The number of anilines is 1. The Balaban J connectivity index is 1.82. The van der Waals surface area contributed by atoms with E-state index in [0.29, 0.717) is 34.6 Å². The van der Waals surface area contributed by atoms with Gasteiger partial charge in [-0.15, -0.1) is 0 Å². The molecule has 0 saturated carbocycles. The highest BCUT2D eigenvalue weighted by Crippen LogP contribution is 2.32. The van der Waals surface area contributed by atoms with E-state index in [0.717, 1.165) is 10.3 Å². The molecule has 0 aliphatic heterocycles. The average molecular weight is 398 g/mol. The van der Waals surface area contributed by atoms with Gasteiger partial charge in [-0.1, -0.05) is 18.5 Å². The maximum Gasteiger partial charge on any atom is 0.262 e. The number of alkyl halides is 1. The maximum atomic E-state index is 12.4. The monoisotopic (exact) mass is 397 g/mol. The molecule has 3 rings (SSSR count). The molecule has 0 amide bonds. The van der Waals surface area contributed by atoms with Gasteiger partial charge in [0.1, 0.15) is 24.1 Å². The molecule has 0 atom stereocenters. The van der Waals surface area contributed by atoms with E-state index in [9.17, 15) is 4.39 Å². The van der Waals surface area contributed by atoms with Crippen LogP contribution in [0.4, 0.5) is 10.3 Å². The van der Waals surface area contributed by atoms with Crippen molar-refractivity contribution in [3.63, 3.8) is 0 Å². The van der Waals surface area contributed by atoms with Gasteiger partial charge in [-0.2, -0.15) is 4.98 Å². The van der Waals surface area contributed by atoms with Crippen LogP contribution < -0.4 is 14.2 Å². The SMILES string of the molecule is CCc1nc(NSc2c[nH]c3nc(Cl)ccc23)nc(OC)c1OCCF. The predicted octanol–water partition coefficient (Wildman–Crippen LogP) is 4.04. The number of hydrogen-bond acceptors (Lipinski definition) is 7. The highest BCUT2D eigenvalue weighted by atomic mass is 35.5. The fourth-order valence-corrected chi connectivity index (χ4v) is 3.16. The van der Waals surface area contributed by atoms with Crippen LogP contribution in [-0.2, 0) is 6.42 Å². The first kappa shape index (κ1) is 18.5. The zero-order chi connectivity index (χ0) is 18.5. The Bertz CT molecular complexity index is 882. The Hall–Kier alpha value is -2.26. The van der Waals surface area contributed by atoms with Crippen LogP contribution in [0, 0.1) is 0 Å². The van der Waals surface area contributed by atoms with Gasteiger partial charge < -0.3 is 14.5 Å². The van der Waals surface area contributed by atoms with Gasteiger partial charge >= 0.3 is 0 Å². The first-order valence-corrected chi connectivity index (χ1v) is 9.05. The normalized spacial score (nSPS) is 10.9. The van der Waals surface area contributed by atoms with Gasteiger partial charge in [0.15, 0.2) is 0 Å². The van der Waals surface area contributed by atoms with E-state index >= 15 is 0 Å². The predicted molar refractivity (Wildman–Crippen MR) is 100 cm³/mol. The number of ether oxygens (including phenoxy) is 2. The summed E-state index contributed by atoms with van der Waals surface area (Å²) in [4.78, 5) is 16.9. The molecule has 0 fully saturated rings. The third-order valence-electron chi connectivity index (χ3n) is 3.48. The fraction of sp³-hybridized carbons (Fsp3) is 0.312. The van der Waals surface area contributed by atoms with Crippen LogP contribution in [0.3, 0.4) is 0 Å². The van der Waals surface area contributed by atoms with Gasteiger partial charge in [0.05, 0.1) is 17.7 Å². The number of methoxy groups -OCH3 is 1. The molecule has 2 N–H and O–H groups in total. The topological polar surface area (TPSA) is 85.0 Å². The van der Waals surface area contributed by atoms with Gasteiger partial charge in [0, 0.05) is 11.6 Å². The van der Waals surface area contributed by atoms with Crippen molar-refractivity contribution in [3.05, 3.63) is 29.2 Å². The lowest BCUT2D eigenvalue weighted by Gasteiger charge is -2.14. The number of halogens is 2. The molecule has 26 heavy (non-hydrogen) atoms. The van der Waals surface area contributed by atoms with Gasteiger partial charge in [-0.05, 0) is 30.5 Å². The molecule has 0 radical (unpaired) electrons. The second-order valence-corrected chi connectivity index (χ2v) is 6.35. The fourth-order valence-electron chi connectivity index (χ4n) is 2.32. The molecule has 0 bridgehead atoms. The molecule has 10 heteroatoms. The molecular formula is C16H17ClFN5O2S. The minimum Gasteiger partial charge on any atom is -0.484 e. The lowest BCUT2D eigenvalue weighted by Crippen LogP contribution is -2.08. The number of aromatic amines is 1. The Morgan fingerprint density at radius 2 is 2.15 bits per heavy atom.